The second kappa shape index (κ2) is 5.33. The van der Waals surface area contributed by atoms with Crippen LogP contribution >= 0.6 is 0 Å². The normalized spacial score (nSPS) is 18.4. The minimum Gasteiger partial charge on any atom is -0.388 e. The first kappa shape index (κ1) is 14.1. The van der Waals surface area contributed by atoms with Gasteiger partial charge in [-0.3, -0.25) is 0 Å². The molecule has 1 aliphatic carbocycles. The molecule has 1 atom stereocenters. The van der Waals surface area contributed by atoms with E-state index in [-0.39, 0.29) is 0 Å². The van der Waals surface area contributed by atoms with Crippen LogP contribution in [0.3, 0.4) is 0 Å². The average molecular weight is 264 g/mol. The summed E-state index contributed by atoms with van der Waals surface area (Å²) in [5.41, 5.74) is 5.05. The number of nitrogens with two attached hydrogens (primary N) is 1. The number of hydrogen-bond acceptors (Lipinski definition) is 5. The van der Waals surface area contributed by atoms with Crippen LogP contribution in [-0.2, 0) is 0 Å². The van der Waals surface area contributed by atoms with E-state index >= 15 is 0 Å². The van der Waals surface area contributed by atoms with Crippen molar-refractivity contribution in [1.29, 1.82) is 0 Å². The molecule has 1 aliphatic rings. The number of aliphatic hydroxyl groups is 1. The molecular weight excluding hydrogens is 240 g/mol. The Morgan fingerprint density at radius 3 is 2.74 bits per heavy atom. The summed E-state index contributed by atoms with van der Waals surface area (Å²) in [6, 6.07) is 1.72. The molecule has 0 bridgehead atoms. The molecule has 1 unspecified atom stereocenters. The van der Waals surface area contributed by atoms with E-state index in [2.05, 4.69) is 29.1 Å². The molecule has 1 saturated carbocycles. The summed E-state index contributed by atoms with van der Waals surface area (Å²) in [4.78, 5) is 8.72. The van der Waals surface area contributed by atoms with Crippen LogP contribution in [0.1, 0.15) is 51.8 Å². The van der Waals surface area contributed by atoms with Crippen LogP contribution in [0.25, 0.3) is 0 Å². The standard InChI is InChI=1S/C14H24N4O/c1-9(2)7-14(3,19)8-16-12-6-11(15)17-13(18-12)10-4-5-10/h6,9-10,19H,4-5,7-8H2,1-3H3,(H3,15,16,17,18). The predicted molar refractivity (Wildman–Crippen MR) is 77.0 cm³/mol. The quantitative estimate of drug-likeness (QED) is 0.733. The van der Waals surface area contributed by atoms with E-state index in [4.69, 9.17) is 5.73 Å². The third-order valence-electron chi connectivity index (χ3n) is 3.20. The van der Waals surface area contributed by atoms with E-state index < -0.39 is 5.60 Å². The molecule has 5 heteroatoms. The molecule has 0 radical (unpaired) electrons. The summed E-state index contributed by atoms with van der Waals surface area (Å²) in [6.45, 7) is 6.50. The number of anilines is 2. The summed E-state index contributed by atoms with van der Waals surface area (Å²) in [5.74, 6) is 2.95. The number of nitrogens with one attached hydrogen (secondary N) is 1. The first-order valence-corrected chi connectivity index (χ1v) is 6.96. The number of nitrogens with zero attached hydrogens (tertiary/aromatic N) is 2. The van der Waals surface area contributed by atoms with Crippen molar-refractivity contribution in [1.82, 2.24) is 9.97 Å². The van der Waals surface area contributed by atoms with Crippen molar-refractivity contribution in [2.24, 2.45) is 5.92 Å². The summed E-state index contributed by atoms with van der Waals surface area (Å²) in [5, 5.41) is 13.4. The Balaban J connectivity index is 1.98. The molecule has 5 nitrogen and oxygen atoms in total. The molecule has 0 amide bonds. The van der Waals surface area contributed by atoms with Crippen LogP contribution in [0.4, 0.5) is 11.6 Å². The monoisotopic (exact) mass is 264 g/mol. The van der Waals surface area contributed by atoms with Gasteiger partial charge in [0.15, 0.2) is 0 Å². The van der Waals surface area contributed by atoms with Crippen LogP contribution in [0.2, 0.25) is 0 Å². The van der Waals surface area contributed by atoms with Gasteiger partial charge in [0.05, 0.1) is 5.60 Å². The minimum absolute atomic E-state index is 0.453. The third kappa shape index (κ3) is 4.35. The van der Waals surface area contributed by atoms with E-state index in [0.29, 0.717) is 30.0 Å². The van der Waals surface area contributed by atoms with E-state index in [1.807, 2.05) is 6.92 Å². The van der Waals surface area contributed by atoms with Crippen molar-refractivity contribution in [2.75, 3.05) is 17.6 Å². The van der Waals surface area contributed by atoms with E-state index in [0.717, 1.165) is 25.1 Å². The molecule has 1 aromatic heterocycles. The second-order valence-electron chi connectivity index (χ2n) is 6.26. The van der Waals surface area contributed by atoms with Gasteiger partial charge in [-0.1, -0.05) is 13.8 Å². The fourth-order valence-corrected chi connectivity index (χ4v) is 2.33. The van der Waals surface area contributed by atoms with E-state index in [9.17, 15) is 5.11 Å². The highest BCUT2D eigenvalue weighted by Crippen LogP contribution is 2.38. The SMILES string of the molecule is CC(C)CC(C)(O)CNc1cc(N)nc(C2CC2)n1. The Morgan fingerprint density at radius 2 is 2.16 bits per heavy atom. The van der Waals surface area contributed by atoms with Gasteiger partial charge in [0.2, 0.25) is 0 Å². The van der Waals surface area contributed by atoms with Crippen LogP contribution in [-0.4, -0.2) is 27.2 Å². The first-order valence-electron chi connectivity index (χ1n) is 6.96. The highest BCUT2D eigenvalue weighted by atomic mass is 16.3. The molecular formula is C14H24N4O. The zero-order valence-electron chi connectivity index (χ0n) is 12.0. The molecule has 1 fully saturated rings. The summed E-state index contributed by atoms with van der Waals surface area (Å²) < 4.78 is 0. The highest BCUT2D eigenvalue weighted by Gasteiger charge is 2.27. The van der Waals surface area contributed by atoms with Crippen LogP contribution in [0.5, 0.6) is 0 Å². The maximum absolute atomic E-state index is 10.3. The van der Waals surface area contributed by atoms with Crippen molar-refractivity contribution in [3.63, 3.8) is 0 Å². The molecule has 2 rings (SSSR count). The smallest absolute Gasteiger partial charge is 0.136 e. The maximum atomic E-state index is 10.3. The van der Waals surface area contributed by atoms with Crippen LogP contribution in [0.15, 0.2) is 6.07 Å². The van der Waals surface area contributed by atoms with Gasteiger partial charge in [0, 0.05) is 18.5 Å². The lowest BCUT2D eigenvalue weighted by molar-refractivity contribution is 0.0514. The Bertz CT molecular complexity index is 441. The topological polar surface area (TPSA) is 84.1 Å². The molecule has 1 heterocycles. The van der Waals surface area contributed by atoms with Gasteiger partial charge in [-0.2, -0.15) is 0 Å². The predicted octanol–water partition coefficient (Wildman–Crippen LogP) is 2.15. The Labute approximate surface area is 114 Å². The number of hydrogen-bond donors (Lipinski definition) is 3. The minimum atomic E-state index is -0.742. The Hall–Kier alpha value is -1.36. The lowest BCUT2D eigenvalue weighted by Gasteiger charge is -2.25. The average Bonchev–Trinajstić information content (AvgIpc) is 3.07. The molecule has 19 heavy (non-hydrogen) atoms. The number of nitrogen functional groups attached to an aromatic ring is 1. The molecule has 0 saturated heterocycles. The molecule has 0 aromatic carbocycles. The van der Waals surface area contributed by atoms with Crippen molar-refractivity contribution in [3.05, 3.63) is 11.9 Å². The molecule has 4 N–H and O–H groups in total. The van der Waals surface area contributed by atoms with Gasteiger partial charge in [0.25, 0.3) is 0 Å². The lowest BCUT2D eigenvalue weighted by Crippen LogP contribution is -2.35. The van der Waals surface area contributed by atoms with E-state index in [1.165, 1.54) is 0 Å². The van der Waals surface area contributed by atoms with Crippen molar-refractivity contribution < 1.29 is 5.11 Å². The molecule has 1 aromatic rings. The summed E-state index contributed by atoms with van der Waals surface area (Å²) >= 11 is 0. The molecule has 0 aliphatic heterocycles. The van der Waals surface area contributed by atoms with Crippen molar-refractivity contribution in [2.45, 2.75) is 51.6 Å². The zero-order valence-corrected chi connectivity index (χ0v) is 12.0. The molecule has 106 valence electrons. The van der Waals surface area contributed by atoms with Crippen molar-refractivity contribution in [3.8, 4) is 0 Å². The molecule has 0 spiro atoms. The van der Waals surface area contributed by atoms with Crippen LogP contribution < -0.4 is 11.1 Å². The lowest BCUT2D eigenvalue weighted by atomic mass is 9.94. The van der Waals surface area contributed by atoms with Gasteiger partial charge in [-0.15, -0.1) is 0 Å². The van der Waals surface area contributed by atoms with Gasteiger partial charge in [-0.25, -0.2) is 9.97 Å². The maximum Gasteiger partial charge on any atom is 0.136 e. The fourth-order valence-electron chi connectivity index (χ4n) is 2.33. The van der Waals surface area contributed by atoms with Gasteiger partial charge < -0.3 is 16.2 Å². The number of aromatic nitrogens is 2. The zero-order chi connectivity index (χ0) is 14.0. The highest BCUT2D eigenvalue weighted by molar-refractivity contribution is 5.45. The summed E-state index contributed by atoms with van der Waals surface area (Å²) in [7, 11) is 0. The first-order chi connectivity index (χ1) is 8.85. The van der Waals surface area contributed by atoms with E-state index in [1.54, 1.807) is 6.07 Å². The Kier molecular flexibility index (Phi) is 3.94. The van der Waals surface area contributed by atoms with Gasteiger partial charge >= 0.3 is 0 Å². The third-order valence-corrected chi connectivity index (χ3v) is 3.20. The van der Waals surface area contributed by atoms with Gasteiger partial charge in [0.1, 0.15) is 17.5 Å². The van der Waals surface area contributed by atoms with Gasteiger partial charge in [-0.05, 0) is 32.1 Å². The number of rotatable bonds is 6. The summed E-state index contributed by atoms with van der Waals surface area (Å²) in [6.07, 6.45) is 3.04. The largest absolute Gasteiger partial charge is 0.388 e. The second-order valence-corrected chi connectivity index (χ2v) is 6.26. The Morgan fingerprint density at radius 1 is 1.47 bits per heavy atom. The fraction of sp³-hybridized carbons (Fsp3) is 0.714. The van der Waals surface area contributed by atoms with Crippen LogP contribution in [0, 0.1) is 5.92 Å². The van der Waals surface area contributed by atoms with Crippen molar-refractivity contribution >= 4 is 11.6 Å².